The number of rotatable bonds is 5. The average molecular weight is 296 g/mol. The minimum absolute atomic E-state index is 0. The van der Waals surface area contributed by atoms with E-state index in [4.69, 9.17) is 4.42 Å². The topological polar surface area (TPSA) is 67.2 Å². The zero-order valence-electron chi connectivity index (χ0n) is 11.4. The molecule has 0 aliphatic rings. The van der Waals surface area contributed by atoms with Crippen LogP contribution in [0.2, 0.25) is 0 Å². The Morgan fingerprint density at radius 1 is 1.35 bits per heavy atom. The summed E-state index contributed by atoms with van der Waals surface area (Å²) in [6.45, 7) is 2.54. The van der Waals surface area contributed by atoms with Crippen LogP contribution in [0.15, 0.2) is 41.3 Å². The highest BCUT2D eigenvalue weighted by Gasteiger charge is 2.11. The molecular weight excluding hydrogens is 278 g/mol. The van der Waals surface area contributed by atoms with Gasteiger partial charge in [0.2, 0.25) is 5.91 Å². The number of carbonyl (C=O) groups is 1. The van der Waals surface area contributed by atoms with Gasteiger partial charge in [-0.3, -0.25) is 4.79 Å². The van der Waals surface area contributed by atoms with Crippen molar-refractivity contribution in [3.05, 3.63) is 36.9 Å². The molecule has 1 heterocycles. The summed E-state index contributed by atoms with van der Waals surface area (Å²) in [5, 5.41) is 5.86. The summed E-state index contributed by atoms with van der Waals surface area (Å²) in [5.41, 5.74) is 1.70. The summed E-state index contributed by atoms with van der Waals surface area (Å²) in [6, 6.07) is 7.47. The standard InChI is InChI=1S/C14H17N3O2.ClH/c1-10(7-15-2)14(18)17-12-5-3-11(4-6-12)13-8-16-9-19-13;/h3-6,8-10,15H,7H2,1-2H3,(H,17,18);1H. The fourth-order valence-corrected chi connectivity index (χ4v) is 1.74. The first-order valence-electron chi connectivity index (χ1n) is 6.15. The van der Waals surface area contributed by atoms with Gasteiger partial charge in [0.15, 0.2) is 12.2 Å². The largest absolute Gasteiger partial charge is 0.444 e. The van der Waals surface area contributed by atoms with Crippen molar-refractivity contribution in [2.75, 3.05) is 18.9 Å². The first-order chi connectivity index (χ1) is 9.20. The smallest absolute Gasteiger partial charge is 0.228 e. The molecule has 1 aromatic heterocycles. The Bertz CT molecular complexity index is 526. The van der Waals surface area contributed by atoms with Crippen LogP contribution in [0.4, 0.5) is 5.69 Å². The maximum Gasteiger partial charge on any atom is 0.228 e. The van der Waals surface area contributed by atoms with Gasteiger partial charge in [0.25, 0.3) is 0 Å². The first-order valence-corrected chi connectivity index (χ1v) is 6.15. The van der Waals surface area contributed by atoms with Gasteiger partial charge >= 0.3 is 0 Å². The van der Waals surface area contributed by atoms with Crippen LogP contribution in [0.3, 0.4) is 0 Å². The molecule has 1 aromatic carbocycles. The molecule has 0 bridgehead atoms. The maximum atomic E-state index is 11.8. The highest BCUT2D eigenvalue weighted by Crippen LogP contribution is 2.20. The van der Waals surface area contributed by atoms with Crippen molar-refractivity contribution in [2.24, 2.45) is 5.92 Å². The molecule has 0 fully saturated rings. The molecule has 0 saturated carbocycles. The second kappa shape index (κ2) is 7.67. The van der Waals surface area contributed by atoms with E-state index in [-0.39, 0.29) is 24.2 Å². The van der Waals surface area contributed by atoms with Crippen molar-refractivity contribution in [1.82, 2.24) is 10.3 Å². The van der Waals surface area contributed by atoms with Gasteiger partial charge < -0.3 is 15.1 Å². The number of hydrogen-bond acceptors (Lipinski definition) is 4. The van der Waals surface area contributed by atoms with Crippen LogP contribution < -0.4 is 10.6 Å². The second-order valence-corrected chi connectivity index (χ2v) is 4.39. The van der Waals surface area contributed by atoms with Crippen LogP contribution in [0, 0.1) is 5.92 Å². The molecule has 5 nitrogen and oxygen atoms in total. The molecule has 0 saturated heterocycles. The average Bonchev–Trinajstić information content (AvgIpc) is 2.94. The van der Waals surface area contributed by atoms with E-state index in [1.165, 1.54) is 6.39 Å². The Hall–Kier alpha value is -1.85. The molecule has 1 unspecified atom stereocenters. The lowest BCUT2D eigenvalue weighted by molar-refractivity contribution is -0.119. The van der Waals surface area contributed by atoms with E-state index in [2.05, 4.69) is 15.6 Å². The number of nitrogens with zero attached hydrogens (tertiary/aromatic N) is 1. The molecule has 6 heteroatoms. The van der Waals surface area contributed by atoms with Crippen molar-refractivity contribution in [3.8, 4) is 11.3 Å². The third kappa shape index (κ3) is 4.08. The van der Waals surface area contributed by atoms with Gasteiger partial charge in [0, 0.05) is 23.7 Å². The van der Waals surface area contributed by atoms with Crippen LogP contribution >= 0.6 is 12.4 Å². The lowest BCUT2D eigenvalue weighted by Gasteiger charge is -2.11. The molecule has 0 aliphatic carbocycles. The lowest BCUT2D eigenvalue weighted by Crippen LogP contribution is -2.28. The minimum atomic E-state index is -0.0704. The van der Waals surface area contributed by atoms with Crippen LogP contribution in [0.5, 0.6) is 0 Å². The van der Waals surface area contributed by atoms with E-state index in [1.54, 1.807) is 6.20 Å². The number of aromatic nitrogens is 1. The monoisotopic (exact) mass is 295 g/mol. The molecule has 2 aromatic rings. The number of anilines is 1. The predicted octanol–water partition coefficient (Wildman–Crippen LogP) is 2.56. The Labute approximate surface area is 124 Å². The Morgan fingerprint density at radius 2 is 2.05 bits per heavy atom. The van der Waals surface area contributed by atoms with Crippen LogP contribution in [-0.2, 0) is 4.79 Å². The van der Waals surface area contributed by atoms with Gasteiger partial charge in [-0.05, 0) is 31.3 Å². The van der Waals surface area contributed by atoms with Gasteiger partial charge in [0.1, 0.15) is 0 Å². The summed E-state index contributed by atoms with van der Waals surface area (Å²) in [7, 11) is 1.83. The van der Waals surface area contributed by atoms with Crippen molar-refractivity contribution < 1.29 is 9.21 Å². The van der Waals surface area contributed by atoms with Gasteiger partial charge in [-0.1, -0.05) is 6.92 Å². The molecule has 1 atom stereocenters. The summed E-state index contributed by atoms with van der Waals surface area (Å²) in [4.78, 5) is 15.7. The van der Waals surface area contributed by atoms with E-state index in [1.807, 2.05) is 38.2 Å². The number of oxazole rings is 1. The summed E-state index contributed by atoms with van der Waals surface area (Å²) in [5.74, 6) is 0.641. The molecule has 2 N–H and O–H groups in total. The van der Waals surface area contributed by atoms with E-state index in [0.717, 1.165) is 11.3 Å². The van der Waals surface area contributed by atoms with Crippen molar-refractivity contribution in [1.29, 1.82) is 0 Å². The highest BCUT2D eigenvalue weighted by atomic mass is 35.5. The quantitative estimate of drug-likeness (QED) is 0.889. The minimum Gasteiger partial charge on any atom is -0.444 e. The van der Waals surface area contributed by atoms with Gasteiger partial charge in [-0.25, -0.2) is 4.98 Å². The number of nitrogens with one attached hydrogen (secondary N) is 2. The molecule has 0 spiro atoms. The van der Waals surface area contributed by atoms with Crippen molar-refractivity contribution in [2.45, 2.75) is 6.92 Å². The Kier molecular flexibility index (Phi) is 6.21. The number of hydrogen-bond donors (Lipinski definition) is 2. The highest BCUT2D eigenvalue weighted by molar-refractivity contribution is 5.92. The SMILES string of the molecule is CNCC(C)C(=O)Nc1ccc(-c2cnco2)cc1.Cl. The fourth-order valence-electron chi connectivity index (χ4n) is 1.74. The van der Waals surface area contributed by atoms with Crippen LogP contribution in [0.25, 0.3) is 11.3 Å². The number of amides is 1. The first kappa shape index (κ1) is 16.2. The Balaban J connectivity index is 0.00000200. The van der Waals surface area contributed by atoms with E-state index >= 15 is 0 Å². The number of benzene rings is 1. The second-order valence-electron chi connectivity index (χ2n) is 4.39. The van der Waals surface area contributed by atoms with E-state index in [0.29, 0.717) is 12.3 Å². The third-order valence-corrected chi connectivity index (χ3v) is 2.83. The summed E-state index contributed by atoms with van der Waals surface area (Å²) in [6.07, 6.45) is 3.05. The predicted molar refractivity (Wildman–Crippen MR) is 80.9 cm³/mol. The molecule has 0 radical (unpaired) electrons. The molecule has 20 heavy (non-hydrogen) atoms. The zero-order chi connectivity index (χ0) is 13.7. The molecular formula is C14H18ClN3O2. The number of halogens is 1. The number of carbonyl (C=O) groups excluding carboxylic acids is 1. The molecule has 108 valence electrons. The van der Waals surface area contributed by atoms with Gasteiger partial charge in [-0.2, -0.15) is 0 Å². The van der Waals surface area contributed by atoms with Crippen LogP contribution in [0.1, 0.15) is 6.92 Å². The third-order valence-electron chi connectivity index (χ3n) is 2.83. The van der Waals surface area contributed by atoms with E-state index < -0.39 is 0 Å². The zero-order valence-corrected chi connectivity index (χ0v) is 12.2. The molecule has 0 aliphatic heterocycles. The van der Waals surface area contributed by atoms with Gasteiger partial charge in [-0.15, -0.1) is 12.4 Å². The lowest BCUT2D eigenvalue weighted by atomic mass is 10.1. The fraction of sp³-hybridized carbons (Fsp3) is 0.286. The molecule has 2 rings (SSSR count). The maximum absolute atomic E-state index is 11.8. The summed E-state index contributed by atoms with van der Waals surface area (Å²) < 4.78 is 5.20. The normalized spacial score (nSPS) is 11.5. The van der Waals surface area contributed by atoms with Crippen LogP contribution in [-0.4, -0.2) is 24.5 Å². The Morgan fingerprint density at radius 3 is 2.60 bits per heavy atom. The van der Waals surface area contributed by atoms with Crippen molar-refractivity contribution in [3.63, 3.8) is 0 Å². The summed E-state index contributed by atoms with van der Waals surface area (Å²) >= 11 is 0. The van der Waals surface area contributed by atoms with Crippen molar-refractivity contribution >= 4 is 24.0 Å². The molecule has 1 amide bonds. The van der Waals surface area contributed by atoms with E-state index in [9.17, 15) is 4.79 Å². The van der Waals surface area contributed by atoms with Gasteiger partial charge in [0.05, 0.1) is 6.20 Å².